The van der Waals surface area contributed by atoms with E-state index in [-0.39, 0.29) is 16.9 Å². The van der Waals surface area contributed by atoms with Crippen LogP contribution in [0.25, 0.3) is 16.5 Å². The molecule has 4 rings (SSSR count). The average molecular weight is 493 g/mol. The molecule has 0 aliphatic heterocycles. The number of carbonyl (C=O) groups excluding carboxylic acids is 1. The molecule has 0 aliphatic rings. The molecule has 0 saturated carbocycles. The topological polar surface area (TPSA) is 108 Å². The van der Waals surface area contributed by atoms with Gasteiger partial charge in [0.05, 0.1) is 23.5 Å². The Morgan fingerprint density at radius 2 is 1.74 bits per heavy atom. The van der Waals surface area contributed by atoms with Crippen molar-refractivity contribution in [3.63, 3.8) is 0 Å². The van der Waals surface area contributed by atoms with Crippen LogP contribution in [0, 0.1) is 11.3 Å². The Morgan fingerprint density at radius 3 is 2.43 bits per heavy atom. The third-order valence-corrected chi connectivity index (χ3v) is 6.09. The lowest BCUT2D eigenvalue weighted by Crippen LogP contribution is -2.40. The minimum Gasteiger partial charge on any atom is -0.480 e. The highest BCUT2D eigenvalue weighted by Gasteiger charge is 2.42. The molecular weight excluding hydrogens is 474 g/mol. The molecule has 0 bridgehead atoms. The van der Waals surface area contributed by atoms with Gasteiger partial charge in [-0.25, -0.2) is 4.98 Å². The highest BCUT2D eigenvalue weighted by atomic mass is 32.2. The van der Waals surface area contributed by atoms with Crippen molar-refractivity contribution in [3.8, 4) is 11.8 Å². The summed E-state index contributed by atoms with van der Waals surface area (Å²) < 4.78 is 31.1. The fraction of sp³-hybridized carbons (Fsp3) is 0.120. The van der Waals surface area contributed by atoms with E-state index >= 15 is 0 Å². The number of halogens is 2. The predicted octanol–water partition coefficient (Wildman–Crippen LogP) is 4.37. The van der Waals surface area contributed by atoms with Gasteiger partial charge in [0.25, 0.3) is 0 Å². The second kappa shape index (κ2) is 9.95. The highest BCUT2D eigenvalue weighted by Crippen LogP contribution is 2.38. The van der Waals surface area contributed by atoms with Gasteiger partial charge in [0, 0.05) is 22.9 Å². The lowest BCUT2D eigenvalue weighted by atomic mass is 10.0. The first kappa shape index (κ1) is 23.9. The average Bonchev–Trinajstić information content (AvgIpc) is 3.23. The maximum atomic E-state index is 14.8. The van der Waals surface area contributed by atoms with Crippen molar-refractivity contribution in [1.29, 1.82) is 5.26 Å². The number of hydrogen-bond donors (Lipinski definition) is 2. The number of imidazole rings is 1. The van der Waals surface area contributed by atoms with Gasteiger partial charge in [-0.1, -0.05) is 54.6 Å². The van der Waals surface area contributed by atoms with Gasteiger partial charge < -0.3 is 10.4 Å². The van der Waals surface area contributed by atoms with E-state index in [2.05, 4.69) is 11.1 Å². The zero-order valence-electron chi connectivity index (χ0n) is 18.1. The quantitative estimate of drug-likeness (QED) is 0.354. The zero-order chi connectivity index (χ0) is 25.0. The molecular formula is C25H18F2N4O3S. The van der Waals surface area contributed by atoms with Crippen LogP contribution in [-0.2, 0) is 16.0 Å². The fourth-order valence-electron chi connectivity index (χ4n) is 3.62. The number of aromatic nitrogens is 2. The second-order valence-electron chi connectivity index (χ2n) is 7.51. The molecule has 2 N–H and O–H groups in total. The monoisotopic (exact) mass is 492 g/mol. The molecule has 176 valence electrons. The Kier molecular flexibility index (Phi) is 6.80. The van der Waals surface area contributed by atoms with Gasteiger partial charge in [-0.05, 0) is 29.5 Å². The van der Waals surface area contributed by atoms with Gasteiger partial charge >= 0.3 is 17.1 Å². The Labute approximate surface area is 203 Å². The van der Waals surface area contributed by atoms with Gasteiger partial charge in [0.2, 0.25) is 0 Å². The summed E-state index contributed by atoms with van der Waals surface area (Å²) in [6, 6.07) is 21.9. The Morgan fingerprint density at radius 1 is 1.06 bits per heavy atom. The van der Waals surface area contributed by atoms with Crippen molar-refractivity contribution in [3.05, 3.63) is 89.7 Å². The summed E-state index contributed by atoms with van der Waals surface area (Å²) in [7, 11) is 0. The number of nitrogens with one attached hydrogen (secondary N) is 1. The van der Waals surface area contributed by atoms with E-state index in [1.165, 1.54) is 6.20 Å². The molecule has 3 aromatic carbocycles. The number of carboxylic acid groups (broad SMARTS) is 1. The van der Waals surface area contributed by atoms with Crippen LogP contribution < -0.4 is 5.32 Å². The molecule has 0 radical (unpaired) electrons. The Hall–Kier alpha value is -4.23. The molecule has 0 atom stereocenters. The van der Waals surface area contributed by atoms with Gasteiger partial charge in [0.15, 0.2) is 5.16 Å². The van der Waals surface area contributed by atoms with Crippen LogP contribution in [0.15, 0.2) is 78.1 Å². The van der Waals surface area contributed by atoms with Crippen LogP contribution in [0.5, 0.6) is 0 Å². The van der Waals surface area contributed by atoms with Crippen LogP contribution in [0.1, 0.15) is 16.8 Å². The normalized spacial score (nSPS) is 11.2. The molecule has 7 nitrogen and oxygen atoms in total. The van der Waals surface area contributed by atoms with Crippen LogP contribution in [0.3, 0.4) is 0 Å². The summed E-state index contributed by atoms with van der Waals surface area (Å²) in [4.78, 5) is 26.9. The summed E-state index contributed by atoms with van der Waals surface area (Å²) in [6.07, 6.45) is 1.84. The molecule has 1 heterocycles. The molecule has 0 saturated heterocycles. The summed E-state index contributed by atoms with van der Waals surface area (Å²) in [5.74, 6) is -3.16. The first-order chi connectivity index (χ1) is 16.8. The maximum absolute atomic E-state index is 14.8. The second-order valence-corrected chi connectivity index (χ2v) is 8.60. The van der Waals surface area contributed by atoms with Crippen molar-refractivity contribution < 1.29 is 23.5 Å². The molecule has 0 aliphatic carbocycles. The maximum Gasteiger partial charge on any atom is 0.377 e. The number of hydrogen-bond acceptors (Lipinski definition) is 5. The number of carboxylic acids is 1. The lowest BCUT2D eigenvalue weighted by molar-refractivity contribution is -0.141. The number of fused-ring (bicyclic) bond motifs is 1. The number of aliphatic carboxylic acids is 1. The van der Waals surface area contributed by atoms with E-state index in [1.54, 1.807) is 46.3 Å². The summed E-state index contributed by atoms with van der Waals surface area (Å²) in [5.41, 5.74) is 2.47. The summed E-state index contributed by atoms with van der Waals surface area (Å²) in [5, 5.41) is 17.1. The van der Waals surface area contributed by atoms with Crippen LogP contribution in [0.2, 0.25) is 0 Å². The standard InChI is InChI=1S/C25H18F2N4O3S/c26-25(27,23(34)29-15-22(32)33)35-24-30-14-18(12-16-6-2-1-3-7-16)31(24)21-11-10-17(13-28)19-8-4-5-9-20(19)21/h1-11,14H,12,15H2,(H,29,34)(H,32,33). The van der Waals surface area contributed by atoms with Gasteiger partial charge in [-0.15, -0.1) is 0 Å². The molecule has 35 heavy (non-hydrogen) atoms. The Balaban J connectivity index is 1.83. The van der Waals surface area contributed by atoms with E-state index in [0.717, 1.165) is 5.56 Å². The number of rotatable bonds is 8. The fourth-order valence-corrected chi connectivity index (χ4v) is 4.43. The van der Waals surface area contributed by atoms with E-state index in [9.17, 15) is 23.6 Å². The molecule has 1 amide bonds. The predicted molar refractivity (Wildman–Crippen MR) is 126 cm³/mol. The lowest BCUT2D eigenvalue weighted by Gasteiger charge is -2.18. The van der Waals surface area contributed by atoms with Gasteiger partial charge in [0.1, 0.15) is 6.54 Å². The molecule has 4 aromatic rings. The number of carbonyl (C=O) groups is 2. The molecule has 10 heteroatoms. The van der Waals surface area contributed by atoms with Gasteiger partial charge in [-0.2, -0.15) is 14.0 Å². The third-order valence-electron chi connectivity index (χ3n) is 5.18. The Bertz CT molecular complexity index is 1450. The first-order valence-electron chi connectivity index (χ1n) is 10.4. The number of thioether (sulfide) groups is 1. The van der Waals surface area contributed by atoms with Crippen molar-refractivity contribution in [2.75, 3.05) is 6.54 Å². The molecule has 1 aromatic heterocycles. The number of alkyl halides is 2. The van der Waals surface area contributed by atoms with Crippen molar-refractivity contribution in [2.45, 2.75) is 16.8 Å². The number of amides is 1. The minimum absolute atomic E-state index is 0.0744. The first-order valence-corrected chi connectivity index (χ1v) is 11.2. The largest absolute Gasteiger partial charge is 0.480 e. The van der Waals surface area contributed by atoms with E-state index < -0.39 is 23.7 Å². The van der Waals surface area contributed by atoms with Crippen LogP contribution in [0.4, 0.5) is 8.78 Å². The molecule has 0 fully saturated rings. The van der Waals surface area contributed by atoms with Crippen LogP contribution >= 0.6 is 11.8 Å². The zero-order valence-corrected chi connectivity index (χ0v) is 18.9. The van der Waals surface area contributed by atoms with Crippen molar-refractivity contribution in [1.82, 2.24) is 14.9 Å². The minimum atomic E-state index is -3.98. The number of benzene rings is 3. The SMILES string of the molecule is N#Cc1ccc(-n2c(Cc3ccccc3)cnc2SC(F)(F)C(=O)NCC(=O)O)c2ccccc12. The smallest absolute Gasteiger partial charge is 0.377 e. The van der Waals surface area contributed by atoms with E-state index in [0.29, 0.717) is 34.1 Å². The number of nitrogens with zero attached hydrogens (tertiary/aromatic N) is 3. The molecule has 0 unspecified atom stereocenters. The number of nitriles is 1. The highest BCUT2D eigenvalue weighted by molar-refractivity contribution is 8.00. The third kappa shape index (κ3) is 5.15. The van der Waals surface area contributed by atoms with E-state index in [1.807, 2.05) is 30.3 Å². The summed E-state index contributed by atoms with van der Waals surface area (Å²) in [6.45, 7) is -0.928. The van der Waals surface area contributed by atoms with Crippen molar-refractivity contribution >= 4 is 34.4 Å². The molecule has 0 spiro atoms. The van der Waals surface area contributed by atoms with Gasteiger partial charge in [-0.3, -0.25) is 14.2 Å². The van der Waals surface area contributed by atoms with Crippen molar-refractivity contribution in [2.24, 2.45) is 0 Å². The van der Waals surface area contributed by atoms with Crippen LogP contribution in [-0.4, -0.2) is 38.3 Å². The van der Waals surface area contributed by atoms with E-state index in [4.69, 9.17) is 5.11 Å². The summed E-state index contributed by atoms with van der Waals surface area (Å²) >= 11 is -0.0744.